The highest BCUT2D eigenvalue weighted by atomic mass is 16.1. The Hall–Kier alpha value is -3.65. The molecule has 3 rings (SSSR count). The first-order valence-corrected chi connectivity index (χ1v) is 8.76. The molecule has 5 heteroatoms. The number of carbonyl (C=O) groups excluding carboxylic acids is 1. The molecule has 1 amide bonds. The van der Waals surface area contributed by atoms with Crippen molar-refractivity contribution < 1.29 is 4.79 Å². The van der Waals surface area contributed by atoms with E-state index in [0.29, 0.717) is 16.8 Å². The number of benzene rings is 2. The Kier molecular flexibility index (Phi) is 5.80. The lowest BCUT2D eigenvalue weighted by molar-refractivity contribution is 0.102. The highest BCUT2D eigenvalue weighted by molar-refractivity contribution is 6.04. The van der Waals surface area contributed by atoms with Crippen LogP contribution in [0.1, 0.15) is 28.4 Å². The maximum atomic E-state index is 12.6. The summed E-state index contributed by atoms with van der Waals surface area (Å²) < 4.78 is 0. The molecular formula is C22H20N4O. The first-order chi connectivity index (χ1) is 13.2. The summed E-state index contributed by atoms with van der Waals surface area (Å²) in [6.45, 7) is 3.56. The minimum Gasteiger partial charge on any atom is -0.353 e. The molecular weight excluding hydrogens is 336 g/mol. The van der Waals surface area contributed by atoms with Crippen LogP contribution in [-0.2, 0) is 6.54 Å². The van der Waals surface area contributed by atoms with Crippen molar-refractivity contribution in [3.8, 4) is 6.07 Å². The molecule has 0 atom stereocenters. The quantitative estimate of drug-likeness (QED) is 0.717. The predicted molar refractivity (Wildman–Crippen MR) is 107 cm³/mol. The van der Waals surface area contributed by atoms with Gasteiger partial charge < -0.3 is 10.2 Å². The summed E-state index contributed by atoms with van der Waals surface area (Å²) in [6, 6.07) is 22.5. The number of nitrogens with zero attached hydrogens (tertiary/aromatic N) is 3. The van der Waals surface area contributed by atoms with Crippen LogP contribution in [0.25, 0.3) is 0 Å². The summed E-state index contributed by atoms with van der Waals surface area (Å²) in [7, 11) is 0. The average Bonchev–Trinajstić information content (AvgIpc) is 2.73. The minimum atomic E-state index is -0.232. The van der Waals surface area contributed by atoms with Crippen LogP contribution in [0, 0.1) is 11.3 Å². The number of carbonyl (C=O) groups is 1. The van der Waals surface area contributed by atoms with Gasteiger partial charge in [0.05, 0.1) is 11.6 Å². The van der Waals surface area contributed by atoms with E-state index < -0.39 is 0 Å². The largest absolute Gasteiger partial charge is 0.353 e. The molecule has 3 aromatic rings. The normalized spacial score (nSPS) is 10.1. The highest BCUT2D eigenvalue weighted by Gasteiger charge is 2.12. The number of aromatic nitrogens is 1. The highest BCUT2D eigenvalue weighted by Crippen LogP contribution is 2.17. The molecule has 134 valence electrons. The van der Waals surface area contributed by atoms with Crippen LogP contribution in [0.4, 0.5) is 11.5 Å². The Bertz CT molecular complexity index is 963. The SMILES string of the molecule is CCN(Cc1ccccc1)c1cc(C(=O)Nc2cccc(C#N)c2)ccn1. The summed E-state index contributed by atoms with van der Waals surface area (Å²) in [5, 5.41) is 11.8. The van der Waals surface area contributed by atoms with Crippen LogP contribution in [0.2, 0.25) is 0 Å². The number of hydrogen-bond acceptors (Lipinski definition) is 4. The van der Waals surface area contributed by atoms with Crippen LogP contribution in [0.5, 0.6) is 0 Å². The molecule has 0 bridgehead atoms. The molecule has 0 aliphatic rings. The second kappa shape index (κ2) is 8.63. The molecule has 0 aliphatic carbocycles. The van der Waals surface area contributed by atoms with Crippen molar-refractivity contribution in [3.63, 3.8) is 0 Å². The second-order valence-corrected chi connectivity index (χ2v) is 6.05. The fraction of sp³-hybridized carbons (Fsp3) is 0.136. The Balaban J connectivity index is 1.77. The minimum absolute atomic E-state index is 0.232. The van der Waals surface area contributed by atoms with E-state index in [1.807, 2.05) is 18.2 Å². The number of pyridine rings is 1. The Morgan fingerprint density at radius 1 is 1.11 bits per heavy atom. The lowest BCUT2D eigenvalue weighted by Crippen LogP contribution is -2.23. The number of amides is 1. The zero-order valence-electron chi connectivity index (χ0n) is 15.1. The van der Waals surface area contributed by atoms with Crippen molar-refractivity contribution in [1.29, 1.82) is 5.26 Å². The first-order valence-electron chi connectivity index (χ1n) is 8.76. The lowest BCUT2D eigenvalue weighted by atomic mass is 10.2. The van der Waals surface area contributed by atoms with E-state index in [9.17, 15) is 4.79 Å². The Morgan fingerprint density at radius 2 is 1.93 bits per heavy atom. The molecule has 1 aromatic heterocycles. The number of rotatable bonds is 6. The van der Waals surface area contributed by atoms with Gasteiger partial charge in [-0.25, -0.2) is 4.98 Å². The standard InChI is InChI=1S/C22H20N4O/c1-2-26(16-17-7-4-3-5-8-17)21-14-19(11-12-24-21)22(27)25-20-10-6-9-18(13-20)15-23/h3-14H,2,16H2,1H3,(H,25,27). The van der Waals surface area contributed by atoms with Gasteiger partial charge in [-0.05, 0) is 42.8 Å². The van der Waals surface area contributed by atoms with Crippen LogP contribution in [0.15, 0.2) is 72.9 Å². The molecule has 27 heavy (non-hydrogen) atoms. The Morgan fingerprint density at radius 3 is 2.67 bits per heavy atom. The third-order valence-corrected chi connectivity index (χ3v) is 4.18. The van der Waals surface area contributed by atoms with Crippen molar-refractivity contribution in [2.45, 2.75) is 13.5 Å². The maximum absolute atomic E-state index is 12.6. The summed E-state index contributed by atoms with van der Waals surface area (Å²) in [5.41, 5.74) is 2.80. The molecule has 0 fully saturated rings. The van der Waals surface area contributed by atoms with E-state index in [0.717, 1.165) is 18.9 Å². The van der Waals surface area contributed by atoms with E-state index in [1.165, 1.54) is 5.56 Å². The molecule has 0 radical (unpaired) electrons. The van der Waals surface area contributed by atoms with Gasteiger partial charge in [-0.15, -0.1) is 0 Å². The zero-order valence-corrected chi connectivity index (χ0v) is 15.1. The number of nitriles is 1. The molecule has 0 saturated carbocycles. The van der Waals surface area contributed by atoms with Crippen LogP contribution < -0.4 is 10.2 Å². The van der Waals surface area contributed by atoms with Crippen molar-refractivity contribution in [2.75, 3.05) is 16.8 Å². The van der Waals surface area contributed by atoms with Crippen molar-refractivity contribution in [2.24, 2.45) is 0 Å². The fourth-order valence-electron chi connectivity index (χ4n) is 2.76. The van der Waals surface area contributed by atoms with E-state index in [1.54, 1.807) is 42.6 Å². The maximum Gasteiger partial charge on any atom is 0.255 e. The van der Waals surface area contributed by atoms with Gasteiger partial charge in [0.2, 0.25) is 0 Å². The smallest absolute Gasteiger partial charge is 0.255 e. The molecule has 1 N–H and O–H groups in total. The van der Waals surface area contributed by atoms with E-state index in [-0.39, 0.29) is 5.91 Å². The number of anilines is 2. The monoisotopic (exact) mass is 356 g/mol. The first kappa shape index (κ1) is 18.2. The number of hydrogen-bond donors (Lipinski definition) is 1. The van der Waals surface area contributed by atoms with Gasteiger partial charge in [-0.1, -0.05) is 36.4 Å². The Labute approximate surface area is 158 Å². The van der Waals surface area contributed by atoms with Gasteiger partial charge in [0.25, 0.3) is 5.91 Å². The second-order valence-electron chi connectivity index (χ2n) is 6.05. The summed E-state index contributed by atoms with van der Waals surface area (Å²) in [4.78, 5) is 19.1. The van der Waals surface area contributed by atoms with Crippen molar-refractivity contribution in [1.82, 2.24) is 4.98 Å². The molecule has 0 unspecified atom stereocenters. The third kappa shape index (κ3) is 4.71. The van der Waals surface area contributed by atoms with Gasteiger partial charge >= 0.3 is 0 Å². The fourth-order valence-corrected chi connectivity index (χ4v) is 2.76. The van der Waals surface area contributed by atoms with E-state index in [2.05, 4.69) is 40.3 Å². The molecule has 5 nitrogen and oxygen atoms in total. The van der Waals surface area contributed by atoms with E-state index in [4.69, 9.17) is 5.26 Å². The van der Waals surface area contributed by atoms with Crippen LogP contribution in [0.3, 0.4) is 0 Å². The molecule has 0 saturated heterocycles. The van der Waals surface area contributed by atoms with E-state index >= 15 is 0 Å². The topological polar surface area (TPSA) is 69.0 Å². The molecule has 0 spiro atoms. The molecule has 1 heterocycles. The summed E-state index contributed by atoms with van der Waals surface area (Å²) in [6.07, 6.45) is 1.64. The lowest BCUT2D eigenvalue weighted by Gasteiger charge is -2.22. The summed E-state index contributed by atoms with van der Waals surface area (Å²) in [5.74, 6) is 0.518. The summed E-state index contributed by atoms with van der Waals surface area (Å²) >= 11 is 0. The van der Waals surface area contributed by atoms with Gasteiger partial charge in [0.15, 0.2) is 0 Å². The molecule has 2 aromatic carbocycles. The van der Waals surface area contributed by atoms with Gasteiger partial charge in [-0.3, -0.25) is 4.79 Å². The van der Waals surface area contributed by atoms with Gasteiger partial charge in [-0.2, -0.15) is 5.26 Å². The van der Waals surface area contributed by atoms with Crippen LogP contribution >= 0.6 is 0 Å². The zero-order chi connectivity index (χ0) is 19.1. The van der Waals surface area contributed by atoms with Crippen LogP contribution in [-0.4, -0.2) is 17.4 Å². The molecule has 0 aliphatic heterocycles. The van der Waals surface area contributed by atoms with Crippen molar-refractivity contribution in [3.05, 3.63) is 89.6 Å². The van der Waals surface area contributed by atoms with Gasteiger partial charge in [0, 0.05) is 30.5 Å². The average molecular weight is 356 g/mol. The predicted octanol–water partition coefficient (Wildman–Crippen LogP) is 4.23. The third-order valence-electron chi connectivity index (χ3n) is 4.18. The van der Waals surface area contributed by atoms with Gasteiger partial charge in [0.1, 0.15) is 5.82 Å². The number of nitrogens with one attached hydrogen (secondary N) is 1. The van der Waals surface area contributed by atoms with Crippen molar-refractivity contribution >= 4 is 17.4 Å².